The van der Waals surface area contributed by atoms with E-state index >= 15 is 0 Å². The quantitative estimate of drug-likeness (QED) is 0.747. The number of Topliss-reactive ketones (excluding diaryl/α,β-unsaturated/α-hetero) is 1. The molecule has 1 N–H and O–H groups in total. The first-order valence-corrected chi connectivity index (χ1v) is 6.09. The number of hydrogen-bond acceptors (Lipinski definition) is 2. The van der Waals surface area contributed by atoms with Crippen LogP contribution in [0.3, 0.4) is 0 Å². The molecule has 80 valence electrons. The van der Waals surface area contributed by atoms with Crippen molar-refractivity contribution in [2.24, 2.45) is 11.8 Å². The Morgan fingerprint density at radius 3 is 2.57 bits per heavy atom. The van der Waals surface area contributed by atoms with Gasteiger partial charge in [-0.3, -0.25) is 4.79 Å². The molecule has 1 heterocycles. The molecular formula is C12H21NO. The van der Waals surface area contributed by atoms with Crippen LogP contribution in [0.2, 0.25) is 0 Å². The van der Waals surface area contributed by atoms with Gasteiger partial charge in [0.15, 0.2) is 0 Å². The molecule has 2 heteroatoms. The molecule has 2 aliphatic rings. The lowest BCUT2D eigenvalue weighted by Gasteiger charge is -2.21. The van der Waals surface area contributed by atoms with E-state index in [2.05, 4.69) is 5.32 Å². The highest BCUT2D eigenvalue weighted by Crippen LogP contribution is 2.28. The summed E-state index contributed by atoms with van der Waals surface area (Å²) in [5.74, 6) is 1.59. The second-order valence-electron chi connectivity index (χ2n) is 4.86. The van der Waals surface area contributed by atoms with Crippen LogP contribution >= 0.6 is 0 Å². The van der Waals surface area contributed by atoms with Crippen molar-refractivity contribution < 1.29 is 4.79 Å². The highest BCUT2D eigenvalue weighted by molar-refractivity contribution is 5.81. The van der Waals surface area contributed by atoms with Gasteiger partial charge in [-0.25, -0.2) is 0 Å². The third-order valence-electron chi connectivity index (χ3n) is 3.73. The summed E-state index contributed by atoms with van der Waals surface area (Å²) in [6.45, 7) is 1.98. The minimum absolute atomic E-state index is 0.344. The Morgan fingerprint density at radius 2 is 1.93 bits per heavy atom. The van der Waals surface area contributed by atoms with Gasteiger partial charge in [-0.1, -0.05) is 32.1 Å². The highest BCUT2D eigenvalue weighted by Gasteiger charge is 2.25. The van der Waals surface area contributed by atoms with Gasteiger partial charge in [-0.2, -0.15) is 0 Å². The average molecular weight is 195 g/mol. The van der Waals surface area contributed by atoms with Crippen molar-refractivity contribution in [1.82, 2.24) is 5.32 Å². The predicted octanol–water partition coefficient (Wildman–Crippen LogP) is 2.14. The summed E-state index contributed by atoms with van der Waals surface area (Å²) >= 11 is 0. The van der Waals surface area contributed by atoms with Gasteiger partial charge in [0.25, 0.3) is 0 Å². The fourth-order valence-electron chi connectivity index (χ4n) is 2.77. The predicted molar refractivity (Wildman–Crippen MR) is 57.2 cm³/mol. The monoisotopic (exact) mass is 195 g/mol. The van der Waals surface area contributed by atoms with E-state index in [0.717, 1.165) is 31.8 Å². The lowest BCUT2D eigenvalue weighted by Crippen LogP contribution is -2.21. The summed E-state index contributed by atoms with van der Waals surface area (Å²) in [6.07, 6.45) is 8.62. The number of hydrogen-bond donors (Lipinski definition) is 1. The van der Waals surface area contributed by atoms with E-state index in [1.54, 1.807) is 0 Å². The summed E-state index contributed by atoms with van der Waals surface area (Å²) in [5.41, 5.74) is 0. The normalized spacial score (nSPS) is 29.3. The van der Waals surface area contributed by atoms with E-state index in [0.29, 0.717) is 11.7 Å². The Balaban J connectivity index is 1.75. The lowest BCUT2D eigenvalue weighted by molar-refractivity contribution is -0.123. The standard InChI is InChI=1S/C12H21NO/c14-12(11-6-7-13-9-11)8-10-4-2-1-3-5-10/h10-11,13H,1-9H2. The zero-order chi connectivity index (χ0) is 9.80. The number of carbonyl (C=O) groups excluding carboxylic acids is 1. The van der Waals surface area contributed by atoms with Gasteiger partial charge in [0.05, 0.1) is 0 Å². The molecule has 2 fully saturated rings. The van der Waals surface area contributed by atoms with E-state index in [4.69, 9.17) is 0 Å². The molecule has 0 aromatic heterocycles. The molecule has 1 unspecified atom stereocenters. The van der Waals surface area contributed by atoms with E-state index in [9.17, 15) is 4.79 Å². The smallest absolute Gasteiger partial charge is 0.137 e. The van der Waals surface area contributed by atoms with Crippen molar-refractivity contribution in [3.8, 4) is 0 Å². The Morgan fingerprint density at radius 1 is 1.14 bits per heavy atom. The van der Waals surface area contributed by atoms with E-state index in [1.807, 2.05) is 0 Å². The van der Waals surface area contributed by atoms with Crippen molar-refractivity contribution in [2.75, 3.05) is 13.1 Å². The summed E-state index contributed by atoms with van der Waals surface area (Å²) in [4.78, 5) is 11.9. The second kappa shape index (κ2) is 4.92. The van der Waals surface area contributed by atoms with Crippen LogP contribution in [0.5, 0.6) is 0 Å². The van der Waals surface area contributed by atoms with Crippen molar-refractivity contribution >= 4 is 5.78 Å². The molecule has 0 radical (unpaired) electrons. The summed E-state index contributed by atoms with van der Waals surface area (Å²) in [6, 6.07) is 0. The molecule has 1 aliphatic heterocycles. The van der Waals surface area contributed by atoms with Gasteiger partial charge in [0.2, 0.25) is 0 Å². The van der Waals surface area contributed by atoms with Gasteiger partial charge >= 0.3 is 0 Å². The molecule has 2 nitrogen and oxygen atoms in total. The van der Waals surface area contributed by atoms with Gasteiger partial charge in [0, 0.05) is 18.9 Å². The van der Waals surface area contributed by atoms with Gasteiger partial charge in [-0.05, 0) is 18.9 Å². The first-order valence-electron chi connectivity index (χ1n) is 6.09. The molecule has 1 saturated carbocycles. The number of carbonyl (C=O) groups is 1. The molecule has 14 heavy (non-hydrogen) atoms. The summed E-state index contributed by atoms with van der Waals surface area (Å²) in [7, 11) is 0. The molecule has 1 atom stereocenters. The third kappa shape index (κ3) is 2.57. The van der Waals surface area contributed by atoms with Crippen LogP contribution in [0.1, 0.15) is 44.9 Å². The minimum atomic E-state index is 0.344. The van der Waals surface area contributed by atoms with Crippen LogP contribution in [0.15, 0.2) is 0 Å². The average Bonchev–Trinajstić information content (AvgIpc) is 2.72. The Bertz CT molecular complexity index is 190. The first-order chi connectivity index (χ1) is 6.86. The van der Waals surface area contributed by atoms with Gasteiger partial charge < -0.3 is 5.32 Å². The van der Waals surface area contributed by atoms with Crippen LogP contribution in [0.4, 0.5) is 0 Å². The molecule has 0 aromatic rings. The number of rotatable bonds is 3. The number of ketones is 1. The number of nitrogens with one attached hydrogen (secondary N) is 1. The maximum atomic E-state index is 11.9. The van der Waals surface area contributed by atoms with E-state index in [1.165, 1.54) is 32.1 Å². The molecule has 0 bridgehead atoms. The lowest BCUT2D eigenvalue weighted by atomic mass is 9.83. The third-order valence-corrected chi connectivity index (χ3v) is 3.73. The molecule has 0 amide bonds. The zero-order valence-electron chi connectivity index (χ0n) is 8.93. The van der Waals surface area contributed by atoms with Crippen molar-refractivity contribution in [3.63, 3.8) is 0 Å². The Hall–Kier alpha value is -0.370. The van der Waals surface area contributed by atoms with Crippen LogP contribution in [-0.2, 0) is 4.79 Å². The van der Waals surface area contributed by atoms with Crippen LogP contribution in [0.25, 0.3) is 0 Å². The molecule has 2 rings (SSSR count). The first kappa shape index (κ1) is 10.2. The van der Waals surface area contributed by atoms with E-state index in [-0.39, 0.29) is 0 Å². The van der Waals surface area contributed by atoms with Gasteiger partial charge in [-0.15, -0.1) is 0 Å². The topological polar surface area (TPSA) is 29.1 Å². The van der Waals surface area contributed by atoms with E-state index < -0.39 is 0 Å². The van der Waals surface area contributed by atoms with Crippen molar-refractivity contribution in [1.29, 1.82) is 0 Å². The molecule has 1 saturated heterocycles. The maximum absolute atomic E-state index is 11.9. The largest absolute Gasteiger partial charge is 0.316 e. The molecule has 1 aliphatic carbocycles. The maximum Gasteiger partial charge on any atom is 0.137 e. The SMILES string of the molecule is O=C(CC1CCCCC1)C1CCNC1. The molecular weight excluding hydrogens is 174 g/mol. The minimum Gasteiger partial charge on any atom is -0.316 e. The fourth-order valence-corrected chi connectivity index (χ4v) is 2.77. The Labute approximate surface area is 86.5 Å². The highest BCUT2D eigenvalue weighted by atomic mass is 16.1. The van der Waals surface area contributed by atoms with Crippen molar-refractivity contribution in [3.05, 3.63) is 0 Å². The summed E-state index contributed by atoms with van der Waals surface area (Å²) in [5, 5.41) is 3.27. The van der Waals surface area contributed by atoms with Crippen LogP contribution in [0, 0.1) is 11.8 Å². The molecule has 0 aromatic carbocycles. The van der Waals surface area contributed by atoms with Crippen LogP contribution < -0.4 is 5.32 Å². The van der Waals surface area contributed by atoms with Crippen LogP contribution in [-0.4, -0.2) is 18.9 Å². The molecule has 0 spiro atoms. The zero-order valence-corrected chi connectivity index (χ0v) is 8.93. The van der Waals surface area contributed by atoms with Crippen molar-refractivity contribution in [2.45, 2.75) is 44.9 Å². The fraction of sp³-hybridized carbons (Fsp3) is 0.917. The van der Waals surface area contributed by atoms with Gasteiger partial charge in [0.1, 0.15) is 5.78 Å². The summed E-state index contributed by atoms with van der Waals surface area (Å²) < 4.78 is 0. The second-order valence-corrected chi connectivity index (χ2v) is 4.86. The Kier molecular flexibility index (Phi) is 3.57.